The van der Waals surface area contributed by atoms with Crippen molar-refractivity contribution < 1.29 is 15.0 Å². The van der Waals surface area contributed by atoms with Crippen LogP contribution in [0, 0.1) is 0 Å². The molecule has 10 aromatic carbocycles. The topological polar surface area (TPSA) is 210 Å². The fourth-order valence-corrected chi connectivity index (χ4v) is 19.2. The monoisotopic (exact) mass is 1760 g/mol. The highest BCUT2D eigenvalue weighted by atomic mass is 32.1. The summed E-state index contributed by atoms with van der Waals surface area (Å²) >= 11 is 8.11. The number of para-hydroxylation sites is 2. The molecule has 4 N–H and O–H groups in total. The van der Waals surface area contributed by atoms with Gasteiger partial charge in [0.15, 0.2) is 0 Å². The smallest absolute Gasteiger partial charge is 0.275 e. The maximum atomic E-state index is 12.9. The Kier molecular flexibility index (Phi) is 30.3. The standard InChI is InChI=1S/2C22H18N2OS.C22H18N2S.C21H15N3OS.C21H17N3S/c25-19(14-16-8-3-1-4-9-16)20-21(17-10-5-2-6-11-17)26-22(24-20)18-12-7-13-23-15-18;25-19(14-16-8-3-1-4-9-16)21-20(17-10-5-2-6-11-17)24-22(26-21)18-12-7-13-23-15-18;1-3-8-17(9-4-1)13-14-20-21(18-10-5-2-6-11-18)24-22(25-20)19-12-7-15-23-16-19;25-20(23-17-11-5-2-6-12-17)18-19(15-8-3-1-4-9-15)26-21(24-18)16-10-7-13-22-14-16;1-3-8-16(9-4-1)20-19(15-23-18-11-5-2-6-12-18)25-21(24-20)17-10-7-13-22-14-17/h2*1-13,15,19,25H,14H2;1-12,15-16H,13-14H2;1-14H,(H,23,25);1-14,23H,15H2. The molecule has 2 atom stereocenters. The number of thiazole rings is 5. The zero-order valence-electron chi connectivity index (χ0n) is 69.4. The first-order valence-electron chi connectivity index (χ1n) is 41.7. The molecule has 128 heavy (non-hydrogen) atoms. The number of amides is 1. The van der Waals surface area contributed by atoms with Gasteiger partial charge in [-0.25, -0.2) is 24.9 Å². The summed E-state index contributed by atoms with van der Waals surface area (Å²) in [6, 6.07) is 121. The summed E-state index contributed by atoms with van der Waals surface area (Å²) in [5, 5.41) is 32.8. The number of benzene rings is 10. The number of aromatic nitrogens is 10. The number of pyridine rings is 5. The minimum absolute atomic E-state index is 0.221. The van der Waals surface area contributed by atoms with Crippen molar-refractivity contribution in [1.82, 2.24) is 49.8 Å². The number of carbonyl (C=O) groups is 1. The number of carbonyl (C=O) groups excluding carboxylic acids is 1. The number of aliphatic hydroxyl groups is 2. The van der Waals surface area contributed by atoms with E-state index in [9.17, 15) is 15.0 Å². The zero-order valence-corrected chi connectivity index (χ0v) is 73.5. The van der Waals surface area contributed by atoms with E-state index < -0.39 is 12.2 Å². The molecule has 10 aromatic heterocycles. The molecule has 0 aliphatic carbocycles. The second-order valence-electron chi connectivity index (χ2n) is 29.2. The lowest BCUT2D eigenvalue weighted by Gasteiger charge is -2.10. The molecular formula is C108H86N12O3S5. The van der Waals surface area contributed by atoms with Gasteiger partial charge in [-0.15, -0.1) is 56.7 Å². The van der Waals surface area contributed by atoms with E-state index >= 15 is 0 Å². The highest BCUT2D eigenvalue weighted by Crippen LogP contribution is 2.43. The molecule has 2 unspecified atom stereocenters. The van der Waals surface area contributed by atoms with Gasteiger partial charge in [-0.2, -0.15) is 0 Å². The van der Waals surface area contributed by atoms with Crippen LogP contribution in [0.15, 0.2) is 426 Å². The Hall–Kier alpha value is -14.7. The first-order valence-corrected chi connectivity index (χ1v) is 45.8. The van der Waals surface area contributed by atoms with Gasteiger partial charge in [-0.3, -0.25) is 29.7 Å². The number of hydrogen-bond donors (Lipinski definition) is 4. The second kappa shape index (κ2) is 44.8. The van der Waals surface area contributed by atoms with Gasteiger partial charge in [0, 0.05) is 136 Å². The fourth-order valence-electron chi connectivity index (χ4n) is 13.9. The predicted octanol–water partition coefficient (Wildman–Crippen LogP) is 26.6. The van der Waals surface area contributed by atoms with E-state index in [-0.39, 0.29) is 5.91 Å². The maximum absolute atomic E-state index is 12.9. The number of nitrogens with one attached hydrogen (secondary N) is 2. The van der Waals surface area contributed by atoms with Crippen LogP contribution in [0.25, 0.3) is 108 Å². The molecule has 0 saturated heterocycles. The highest BCUT2D eigenvalue weighted by Gasteiger charge is 2.26. The largest absolute Gasteiger partial charge is 0.387 e. The van der Waals surface area contributed by atoms with E-state index in [1.807, 2.05) is 273 Å². The van der Waals surface area contributed by atoms with Crippen molar-refractivity contribution in [3.05, 3.63) is 469 Å². The van der Waals surface area contributed by atoms with Crippen LogP contribution < -0.4 is 10.6 Å². The summed E-state index contributed by atoms with van der Waals surface area (Å²) in [6.45, 7) is 0.742. The molecule has 1 amide bonds. The van der Waals surface area contributed by atoms with E-state index in [1.54, 1.807) is 83.6 Å². The van der Waals surface area contributed by atoms with E-state index in [4.69, 9.17) is 19.9 Å². The third-order valence-electron chi connectivity index (χ3n) is 20.2. The molecule has 20 heteroatoms. The number of nitrogens with zero attached hydrogens (tertiary/aromatic N) is 10. The average molecular weight is 1760 g/mol. The Morgan fingerprint density at radius 3 is 1.03 bits per heavy atom. The van der Waals surface area contributed by atoms with Crippen molar-refractivity contribution in [3.8, 4) is 108 Å². The first kappa shape index (κ1) is 86.8. The summed E-state index contributed by atoms with van der Waals surface area (Å²) in [5.41, 5.74) is 19.9. The van der Waals surface area contributed by atoms with Crippen LogP contribution in [0.4, 0.5) is 11.4 Å². The molecule has 0 aliphatic heterocycles. The molecule has 0 radical (unpaired) electrons. The number of aryl methyl sites for hydroxylation is 2. The van der Waals surface area contributed by atoms with E-state index in [2.05, 4.69) is 144 Å². The van der Waals surface area contributed by atoms with Crippen LogP contribution in [-0.2, 0) is 32.2 Å². The zero-order chi connectivity index (χ0) is 87.1. The van der Waals surface area contributed by atoms with E-state index in [1.165, 1.54) is 43.6 Å². The van der Waals surface area contributed by atoms with Crippen molar-refractivity contribution in [2.75, 3.05) is 10.6 Å². The lowest BCUT2D eigenvalue weighted by Crippen LogP contribution is -2.13. The Bertz CT molecular complexity index is 6400. The summed E-state index contributed by atoms with van der Waals surface area (Å²) in [5.74, 6) is -0.221. The van der Waals surface area contributed by atoms with Gasteiger partial charge in [-0.1, -0.05) is 279 Å². The van der Waals surface area contributed by atoms with Crippen molar-refractivity contribution >= 4 is 74.0 Å². The Morgan fingerprint density at radius 1 is 0.281 bits per heavy atom. The Labute approximate surface area is 764 Å². The van der Waals surface area contributed by atoms with Gasteiger partial charge < -0.3 is 20.8 Å². The quantitative estimate of drug-likeness (QED) is 0.0444. The number of anilines is 2. The number of rotatable bonds is 24. The normalized spacial score (nSPS) is 11.2. The van der Waals surface area contributed by atoms with Crippen molar-refractivity contribution in [2.45, 2.75) is 44.4 Å². The third kappa shape index (κ3) is 23.6. The minimum atomic E-state index is -0.658. The lowest BCUT2D eigenvalue weighted by molar-refractivity contribution is 0.102. The van der Waals surface area contributed by atoms with Gasteiger partial charge >= 0.3 is 0 Å². The lowest BCUT2D eigenvalue weighted by atomic mass is 10.0. The molecule has 20 aromatic rings. The molecule has 10 heterocycles. The molecule has 0 fully saturated rings. The van der Waals surface area contributed by atoms with Gasteiger partial charge in [0.1, 0.15) is 36.8 Å². The molecule has 0 bridgehead atoms. The molecule has 0 aliphatic rings. The van der Waals surface area contributed by atoms with Gasteiger partial charge in [-0.05, 0) is 126 Å². The number of aliphatic hydroxyl groups excluding tert-OH is 2. The SMILES string of the molecule is O=C(Nc1ccccc1)c1nc(-c2cccnc2)sc1-c1ccccc1.OC(Cc1ccccc1)c1nc(-c2cccnc2)sc1-c1ccccc1.OC(Cc1ccccc1)c1sc(-c2cccnc2)nc1-c1ccccc1.c1ccc(CCc2sc(-c3cccnc3)nc2-c2ccccc2)cc1.c1ccc(NCc2sc(-c3cccnc3)nc2-c2ccccc2)cc1. The molecule has 0 spiro atoms. The van der Waals surface area contributed by atoms with Gasteiger partial charge in [0.2, 0.25) is 0 Å². The summed E-state index contributed by atoms with van der Waals surface area (Å²) < 4.78 is 0. The number of hydrogen-bond acceptors (Lipinski definition) is 19. The predicted molar refractivity (Wildman–Crippen MR) is 526 cm³/mol. The average Bonchev–Trinajstić information content (AvgIpc) is 1.62. The van der Waals surface area contributed by atoms with Gasteiger partial charge in [0.05, 0.1) is 54.9 Å². The minimum Gasteiger partial charge on any atom is -0.387 e. The van der Waals surface area contributed by atoms with Crippen molar-refractivity contribution in [3.63, 3.8) is 0 Å². The summed E-state index contributed by atoms with van der Waals surface area (Å²) in [7, 11) is 0. The molecular weight excluding hydrogens is 1670 g/mol. The van der Waals surface area contributed by atoms with Crippen LogP contribution in [0.2, 0.25) is 0 Å². The molecule has 15 nitrogen and oxygen atoms in total. The van der Waals surface area contributed by atoms with Crippen LogP contribution in [0.3, 0.4) is 0 Å². The fraction of sp³-hybridized carbons (Fsp3) is 0.0648. The van der Waals surface area contributed by atoms with Crippen LogP contribution >= 0.6 is 56.7 Å². The van der Waals surface area contributed by atoms with Crippen LogP contribution in [0.1, 0.15) is 59.7 Å². The molecule has 20 rings (SSSR count). The highest BCUT2D eigenvalue weighted by molar-refractivity contribution is 7.19. The van der Waals surface area contributed by atoms with Gasteiger partial charge in [0.25, 0.3) is 5.91 Å². The van der Waals surface area contributed by atoms with Crippen LogP contribution in [0.5, 0.6) is 0 Å². The third-order valence-corrected chi connectivity index (χ3v) is 26.0. The Balaban J connectivity index is 0.000000117. The van der Waals surface area contributed by atoms with E-state index in [0.717, 1.165) is 154 Å². The van der Waals surface area contributed by atoms with Crippen LogP contribution in [-0.4, -0.2) is 66.0 Å². The van der Waals surface area contributed by atoms with Crippen molar-refractivity contribution in [2.24, 2.45) is 0 Å². The second-order valence-corrected chi connectivity index (χ2v) is 34.4. The summed E-state index contributed by atoms with van der Waals surface area (Å²) in [6.07, 6.45) is 19.8. The van der Waals surface area contributed by atoms with E-state index in [0.29, 0.717) is 18.5 Å². The summed E-state index contributed by atoms with van der Waals surface area (Å²) in [4.78, 5) is 63.2. The molecule has 626 valence electrons. The molecule has 0 saturated carbocycles. The van der Waals surface area contributed by atoms with Crippen molar-refractivity contribution in [1.29, 1.82) is 0 Å². The Morgan fingerprint density at radius 2 is 0.602 bits per heavy atom. The first-order chi connectivity index (χ1) is 63.2. The maximum Gasteiger partial charge on any atom is 0.275 e.